The zero-order chi connectivity index (χ0) is 14.7. The van der Waals surface area contributed by atoms with Crippen molar-refractivity contribution >= 4 is 17.4 Å². The fourth-order valence-electron chi connectivity index (χ4n) is 2.49. The van der Waals surface area contributed by atoms with Crippen molar-refractivity contribution in [3.8, 4) is 0 Å². The van der Waals surface area contributed by atoms with Crippen LogP contribution in [0.15, 0.2) is 5.38 Å². The number of carbonyl (C=O) groups excluding carboxylic acids is 1. The van der Waals surface area contributed by atoms with Crippen LogP contribution in [0.25, 0.3) is 0 Å². The van der Waals surface area contributed by atoms with E-state index in [0.717, 1.165) is 36.6 Å². The third-order valence-electron chi connectivity index (χ3n) is 3.83. The van der Waals surface area contributed by atoms with Gasteiger partial charge in [0.1, 0.15) is 0 Å². The van der Waals surface area contributed by atoms with Crippen LogP contribution in [0.4, 0.5) is 4.79 Å². The lowest BCUT2D eigenvalue weighted by Gasteiger charge is -2.36. The number of amides is 2. The third-order valence-corrected chi connectivity index (χ3v) is 4.63. The van der Waals surface area contributed by atoms with Gasteiger partial charge in [-0.05, 0) is 40.8 Å². The van der Waals surface area contributed by atoms with Crippen LogP contribution in [0.5, 0.6) is 0 Å². The Morgan fingerprint density at radius 1 is 1.60 bits per heavy atom. The Balaban J connectivity index is 1.91. The lowest BCUT2D eigenvalue weighted by molar-refractivity contribution is 0.138. The van der Waals surface area contributed by atoms with E-state index in [9.17, 15) is 4.79 Å². The molecule has 0 unspecified atom stereocenters. The summed E-state index contributed by atoms with van der Waals surface area (Å²) in [6, 6.07) is 0.452. The minimum atomic E-state index is -0.0350. The molecule has 2 amide bonds. The van der Waals surface area contributed by atoms with Crippen molar-refractivity contribution in [1.82, 2.24) is 20.1 Å². The first-order chi connectivity index (χ1) is 9.47. The van der Waals surface area contributed by atoms with Crippen molar-refractivity contribution in [2.45, 2.75) is 38.8 Å². The van der Waals surface area contributed by atoms with E-state index in [1.54, 1.807) is 11.3 Å². The van der Waals surface area contributed by atoms with Crippen LogP contribution in [0, 0.1) is 6.92 Å². The number of nitrogens with zero attached hydrogens (tertiary/aromatic N) is 3. The van der Waals surface area contributed by atoms with Gasteiger partial charge in [-0.2, -0.15) is 0 Å². The van der Waals surface area contributed by atoms with Gasteiger partial charge in [-0.1, -0.05) is 0 Å². The molecule has 20 heavy (non-hydrogen) atoms. The molecular weight excluding hydrogens is 272 g/mol. The fourth-order valence-corrected chi connectivity index (χ4v) is 3.20. The maximum Gasteiger partial charge on any atom is 0.317 e. The smallest absolute Gasteiger partial charge is 0.317 e. The van der Waals surface area contributed by atoms with E-state index >= 15 is 0 Å². The van der Waals surface area contributed by atoms with Gasteiger partial charge >= 0.3 is 6.03 Å². The lowest BCUT2D eigenvalue weighted by Crippen LogP contribution is -2.51. The van der Waals surface area contributed by atoms with Gasteiger partial charge in [0.2, 0.25) is 0 Å². The summed E-state index contributed by atoms with van der Waals surface area (Å²) in [7, 11) is 4.15. The maximum atomic E-state index is 12.3. The molecule has 0 radical (unpaired) electrons. The summed E-state index contributed by atoms with van der Waals surface area (Å²) in [5.74, 6) is 0. The molecule has 0 saturated carbocycles. The Kier molecular flexibility index (Phi) is 4.99. The number of aromatic nitrogens is 1. The molecule has 1 saturated heterocycles. The first-order valence-corrected chi connectivity index (χ1v) is 7.99. The van der Waals surface area contributed by atoms with Gasteiger partial charge in [-0.15, -0.1) is 11.3 Å². The van der Waals surface area contributed by atoms with Gasteiger partial charge in [0, 0.05) is 24.5 Å². The summed E-state index contributed by atoms with van der Waals surface area (Å²) in [5.41, 5.74) is 0.946. The van der Waals surface area contributed by atoms with E-state index in [1.807, 2.05) is 24.1 Å². The SMILES string of the molecule is Cc1nc([C@H](C)NC(=O)N2CCC[C@H](N(C)C)C2)cs1. The molecule has 2 atom stereocenters. The van der Waals surface area contributed by atoms with Gasteiger partial charge in [0.05, 0.1) is 16.7 Å². The second-order valence-corrected chi connectivity index (χ2v) is 6.73. The average Bonchev–Trinajstić information content (AvgIpc) is 2.85. The lowest BCUT2D eigenvalue weighted by atomic mass is 10.1. The molecule has 1 N–H and O–H groups in total. The fraction of sp³-hybridized carbons (Fsp3) is 0.714. The summed E-state index contributed by atoms with van der Waals surface area (Å²) >= 11 is 1.62. The molecule has 6 heteroatoms. The Hall–Kier alpha value is -1.14. The monoisotopic (exact) mass is 296 g/mol. The molecule has 1 fully saturated rings. The Morgan fingerprint density at radius 3 is 2.95 bits per heavy atom. The van der Waals surface area contributed by atoms with Gasteiger partial charge in [-0.3, -0.25) is 0 Å². The summed E-state index contributed by atoms with van der Waals surface area (Å²) in [6.45, 7) is 5.62. The molecule has 1 aromatic heterocycles. The molecule has 0 aromatic carbocycles. The molecule has 1 aliphatic heterocycles. The van der Waals surface area contributed by atoms with Crippen LogP contribution in [0.2, 0.25) is 0 Å². The minimum absolute atomic E-state index is 0.0229. The zero-order valence-electron chi connectivity index (χ0n) is 12.7. The second kappa shape index (κ2) is 6.54. The predicted molar refractivity (Wildman–Crippen MR) is 82.1 cm³/mol. The number of hydrogen-bond donors (Lipinski definition) is 1. The molecule has 2 rings (SSSR count). The van der Waals surface area contributed by atoms with Crippen LogP contribution in [0.1, 0.15) is 36.5 Å². The number of nitrogens with one attached hydrogen (secondary N) is 1. The molecule has 1 aliphatic rings. The van der Waals surface area contributed by atoms with Crippen LogP contribution < -0.4 is 5.32 Å². The minimum Gasteiger partial charge on any atom is -0.330 e. The van der Waals surface area contributed by atoms with E-state index in [0.29, 0.717) is 6.04 Å². The molecule has 112 valence electrons. The van der Waals surface area contributed by atoms with Gasteiger partial charge in [-0.25, -0.2) is 9.78 Å². The van der Waals surface area contributed by atoms with Crippen molar-refractivity contribution in [3.63, 3.8) is 0 Å². The number of likely N-dealkylation sites (tertiary alicyclic amines) is 1. The first kappa shape index (κ1) is 15.3. The summed E-state index contributed by atoms with van der Waals surface area (Å²) < 4.78 is 0. The van der Waals surface area contributed by atoms with Crippen LogP contribution in [0.3, 0.4) is 0 Å². The number of urea groups is 1. The Labute approximate surface area is 125 Å². The number of hydrogen-bond acceptors (Lipinski definition) is 4. The van der Waals surface area contributed by atoms with E-state index in [4.69, 9.17) is 0 Å². The Morgan fingerprint density at radius 2 is 2.35 bits per heavy atom. The Bertz CT molecular complexity index is 460. The molecule has 0 spiro atoms. The highest BCUT2D eigenvalue weighted by Crippen LogP contribution is 2.18. The molecule has 0 bridgehead atoms. The van der Waals surface area contributed by atoms with Crippen LogP contribution in [-0.2, 0) is 0 Å². The van der Waals surface area contributed by atoms with Gasteiger partial charge < -0.3 is 15.1 Å². The molecule has 2 heterocycles. The number of rotatable bonds is 3. The van der Waals surface area contributed by atoms with Gasteiger partial charge in [0.25, 0.3) is 0 Å². The highest BCUT2D eigenvalue weighted by Gasteiger charge is 2.25. The van der Waals surface area contributed by atoms with Crippen molar-refractivity contribution in [2.75, 3.05) is 27.2 Å². The van der Waals surface area contributed by atoms with Crippen LogP contribution >= 0.6 is 11.3 Å². The zero-order valence-corrected chi connectivity index (χ0v) is 13.5. The van der Waals surface area contributed by atoms with Crippen molar-refractivity contribution in [2.24, 2.45) is 0 Å². The van der Waals surface area contributed by atoms with E-state index in [-0.39, 0.29) is 12.1 Å². The van der Waals surface area contributed by atoms with Crippen LogP contribution in [-0.4, -0.2) is 54.0 Å². The number of thiazole rings is 1. The largest absolute Gasteiger partial charge is 0.330 e. The summed E-state index contributed by atoms with van der Waals surface area (Å²) in [6.07, 6.45) is 2.23. The van der Waals surface area contributed by atoms with Crippen molar-refractivity contribution in [3.05, 3.63) is 16.1 Å². The number of carbonyl (C=O) groups is 1. The summed E-state index contributed by atoms with van der Waals surface area (Å²) in [4.78, 5) is 20.9. The quantitative estimate of drug-likeness (QED) is 0.930. The highest BCUT2D eigenvalue weighted by molar-refractivity contribution is 7.09. The third kappa shape index (κ3) is 3.70. The topological polar surface area (TPSA) is 48.5 Å². The molecular formula is C14H24N4OS. The average molecular weight is 296 g/mol. The van der Waals surface area contributed by atoms with E-state index in [2.05, 4.69) is 29.3 Å². The number of piperidine rings is 1. The maximum absolute atomic E-state index is 12.3. The molecule has 5 nitrogen and oxygen atoms in total. The normalized spacial score (nSPS) is 21.1. The second-order valence-electron chi connectivity index (χ2n) is 5.67. The van der Waals surface area contributed by atoms with Gasteiger partial charge in [0.15, 0.2) is 0 Å². The standard InChI is InChI=1S/C14H24N4OS/c1-10(13-9-20-11(2)16-13)15-14(19)18-7-5-6-12(8-18)17(3)4/h9-10,12H,5-8H2,1-4H3,(H,15,19)/t10-,12-/m0/s1. The number of likely N-dealkylation sites (N-methyl/N-ethyl adjacent to an activating group) is 1. The molecule has 1 aromatic rings. The van der Waals surface area contributed by atoms with E-state index < -0.39 is 0 Å². The van der Waals surface area contributed by atoms with E-state index in [1.165, 1.54) is 0 Å². The first-order valence-electron chi connectivity index (χ1n) is 7.11. The summed E-state index contributed by atoms with van der Waals surface area (Å²) in [5, 5.41) is 6.10. The van der Waals surface area contributed by atoms with Crippen molar-refractivity contribution in [1.29, 1.82) is 0 Å². The predicted octanol–water partition coefficient (Wildman–Crippen LogP) is 2.25. The van der Waals surface area contributed by atoms with Crippen molar-refractivity contribution < 1.29 is 4.79 Å². The number of aryl methyl sites for hydroxylation is 1. The molecule has 0 aliphatic carbocycles. The highest BCUT2D eigenvalue weighted by atomic mass is 32.1.